The van der Waals surface area contributed by atoms with E-state index in [1.54, 1.807) is 0 Å². The zero-order chi connectivity index (χ0) is 20.1. The van der Waals surface area contributed by atoms with Crippen LogP contribution < -0.4 is 0 Å². The molecule has 0 radical (unpaired) electrons. The Morgan fingerprint density at radius 1 is 0.741 bits per heavy atom. The van der Waals surface area contributed by atoms with Crippen molar-refractivity contribution < 1.29 is 38.5 Å². The number of carbonyl (C=O) groups excluding carboxylic acids is 4. The van der Waals surface area contributed by atoms with Gasteiger partial charge < -0.3 is 19.3 Å². The molecule has 0 amide bonds. The second kappa shape index (κ2) is 8.13. The van der Waals surface area contributed by atoms with Crippen LogP contribution in [0, 0.1) is 0 Å². The van der Waals surface area contributed by atoms with Gasteiger partial charge in [-0.3, -0.25) is 4.79 Å². The summed E-state index contributed by atoms with van der Waals surface area (Å²) in [6, 6.07) is 7.96. The summed E-state index contributed by atoms with van der Waals surface area (Å²) < 4.78 is 13.9. The minimum atomic E-state index is -0.975. The predicted molar refractivity (Wildman–Crippen MR) is 92.0 cm³/mol. The lowest BCUT2D eigenvalue weighted by molar-refractivity contribution is 0.0535. The molecule has 0 aliphatic heterocycles. The molecule has 8 heteroatoms. The van der Waals surface area contributed by atoms with E-state index in [0.29, 0.717) is 0 Å². The van der Waals surface area contributed by atoms with Gasteiger partial charge in [0.1, 0.15) is 5.75 Å². The van der Waals surface area contributed by atoms with Crippen molar-refractivity contribution in [1.82, 2.24) is 0 Å². The molecule has 8 nitrogen and oxygen atoms in total. The molecule has 2 rings (SSSR count). The minimum Gasteiger partial charge on any atom is -0.507 e. The fourth-order valence-corrected chi connectivity index (χ4v) is 2.46. The quantitative estimate of drug-likeness (QED) is 0.481. The zero-order valence-electron chi connectivity index (χ0n) is 14.8. The summed E-state index contributed by atoms with van der Waals surface area (Å²) in [4.78, 5) is 49.2. The summed E-state index contributed by atoms with van der Waals surface area (Å²) in [5.74, 6) is -3.82. The van der Waals surface area contributed by atoms with E-state index < -0.39 is 23.7 Å². The highest BCUT2D eigenvalue weighted by Gasteiger charge is 2.29. The van der Waals surface area contributed by atoms with Gasteiger partial charge in [0.2, 0.25) is 0 Å². The monoisotopic (exact) mass is 372 g/mol. The highest BCUT2D eigenvalue weighted by atomic mass is 16.5. The molecule has 27 heavy (non-hydrogen) atoms. The first-order valence-electron chi connectivity index (χ1n) is 7.61. The molecule has 1 N–H and O–H groups in total. The standard InChI is InChI=1S/C19H16O8/c1-25-17(22)12-8-10(16(21)11-6-4-5-7-14(11)20)9-13(18(23)26-2)15(12)19(24)27-3/h4-9,20H,1-3H3. The Morgan fingerprint density at radius 3 is 1.67 bits per heavy atom. The van der Waals surface area contributed by atoms with Crippen molar-refractivity contribution in [3.05, 3.63) is 64.2 Å². The Balaban J connectivity index is 2.79. The molecule has 0 spiro atoms. The maximum absolute atomic E-state index is 12.8. The summed E-state index contributed by atoms with van der Waals surface area (Å²) in [5.41, 5.74) is -1.23. The molecule has 0 atom stereocenters. The van der Waals surface area contributed by atoms with Crippen LogP contribution in [0.2, 0.25) is 0 Å². The summed E-state index contributed by atoms with van der Waals surface area (Å²) >= 11 is 0. The van der Waals surface area contributed by atoms with Gasteiger partial charge in [0, 0.05) is 5.56 Å². The van der Waals surface area contributed by atoms with Gasteiger partial charge in [-0.05, 0) is 24.3 Å². The average Bonchev–Trinajstić information content (AvgIpc) is 2.70. The van der Waals surface area contributed by atoms with Crippen molar-refractivity contribution in [2.75, 3.05) is 21.3 Å². The molecule has 0 bridgehead atoms. The Morgan fingerprint density at radius 2 is 1.22 bits per heavy atom. The third-order valence-corrected chi connectivity index (χ3v) is 3.75. The van der Waals surface area contributed by atoms with E-state index in [1.165, 1.54) is 24.3 Å². The number of para-hydroxylation sites is 1. The fourth-order valence-electron chi connectivity index (χ4n) is 2.46. The third kappa shape index (κ3) is 3.79. The number of hydrogen-bond donors (Lipinski definition) is 1. The summed E-state index contributed by atoms with van der Waals surface area (Å²) in [6.45, 7) is 0. The average molecular weight is 372 g/mol. The molecular formula is C19H16O8. The van der Waals surface area contributed by atoms with Gasteiger partial charge >= 0.3 is 17.9 Å². The Bertz CT molecular complexity index is 892. The first-order chi connectivity index (χ1) is 12.8. The topological polar surface area (TPSA) is 116 Å². The number of rotatable bonds is 5. The molecule has 0 saturated heterocycles. The van der Waals surface area contributed by atoms with E-state index >= 15 is 0 Å². The highest BCUT2D eigenvalue weighted by Crippen LogP contribution is 2.25. The van der Waals surface area contributed by atoms with Crippen LogP contribution in [0.25, 0.3) is 0 Å². The van der Waals surface area contributed by atoms with Crippen LogP contribution in [0.15, 0.2) is 36.4 Å². The molecule has 0 fully saturated rings. The van der Waals surface area contributed by atoms with Crippen molar-refractivity contribution >= 4 is 23.7 Å². The van der Waals surface area contributed by atoms with Crippen molar-refractivity contribution in [2.24, 2.45) is 0 Å². The molecule has 140 valence electrons. The highest BCUT2D eigenvalue weighted by molar-refractivity contribution is 6.16. The lowest BCUT2D eigenvalue weighted by atomic mass is 9.93. The number of esters is 3. The van der Waals surface area contributed by atoms with E-state index in [1.807, 2.05) is 0 Å². The van der Waals surface area contributed by atoms with E-state index in [-0.39, 0.29) is 33.6 Å². The van der Waals surface area contributed by atoms with Crippen LogP contribution in [0.3, 0.4) is 0 Å². The van der Waals surface area contributed by atoms with Crippen molar-refractivity contribution in [2.45, 2.75) is 0 Å². The molecule has 0 aliphatic carbocycles. The molecule has 0 heterocycles. The number of benzene rings is 2. The Hall–Kier alpha value is -3.68. The molecule has 2 aromatic carbocycles. The number of carbonyl (C=O) groups is 4. The maximum atomic E-state index is 12.8. The molecular weight excluding hydrogens is 356 g/mol. The number of methoxy groups -OCH3 is 3. The van der Waals surface area contributed by atoms with Crippen molar-refractivity contribution in [3.8, 4) is 5.75 Å². The number of ether oxygens (including phenoxy) is 3. The molecule has 0 aliphatic rings. The van der Waals surface area contributed by atoms with Gasteiger partial charge in [0.05, 0.1) is 43.6 Å². The van der Waals surface area contributed by atoms with Crippen LogP contribution in [0.4, 0.5) is 0 Å². The lowest BCUT2D eigenvalue weighted by Crippen LogP contribution is -2.20. The van der Waals surface area contributed by atoms with Crippen LogP contribution >= 0.6 is 0 Å². The normalized spacial score (nSPS) is 10.0. The van der Waals surface area contributed by atoms with Crippen LogP contribution in [0.5, 0.6) is 5.75 Å². The Labute approximate surface area is 154 Å². The number of phenols is 1. The first kappa shape index (κ1) is 19.6. The summed E-state index contributed by atoms with van der Waals surface area (Å²) in [7, 11) is 3.24. The van der Waals surface area contributed by atoms with Gasteiger partial charge in [0.15, 0.2) is 5.78 Å². The van der Waals surface area contributed by atoms with Crippen molar-refractivity contribution in [3.63, 3.8) is 0 Å². The SMILES string of the molecule is COC(=O)c1cc(C(=O)c2ccccc2O)cc(C(=O)OC)c1C(=O)OC. The summed E-state index contributed by atoms with van der Waals surface area (Å²) in [5, 5.41) is 9.89. The minimum absolute atomic E-state index is 0.0463. The van der Waals surface area contributed by atoms with E-state index in [0.717, 1.165) is 33.5 Å². The van der Waals surface area contributed by atoms with Crippen LogP contribution in [-0.4, -0.2) is 50.1 Å². The smallest absolute Gasteiger partial charge is 0.339 e. The molecule has 0 saturated carbocycles. The third-order valence-electron chi connectivity index (χ3n) is 3.75. The largest absolute Gasteiger partial charge is 0.507 e. The van der Waals surface area contributed by atoms with Crippen molar-refractivity contribution in [1.29, 1.82) is 0 Å². The Kier molecular flexibility index (Phi) is 5.92. The lowest BCUT2D eigenvalue weighted by Gasteiger charge is -2.13. The number of ketones is 1. The molecule has 2 aromatic rings. The number of hydrogen-bond acceptors (Lipinski definition) is 8. The van der Waals surface area contributed by atoms with E-state index in [4.69, 9.17) is 0 Å². The van der Waals surface area contributed by atoms with Gasteiger partial charge in [-0.1, -0.05) is 12.1 Å². The van der Waals surface area contributed by atoms with Gasteiger partial charge in [-0.2, -0.15) is 0 Å². The fraction of sp³-hybridized carbons (Fsp3) is 0.158. The number of phenolic OH excluding ortho intramolecular Hbond substituents is 1. The second-order valence-corrected chi connectivity index (χ2v) is 5.27. The zero-order valence-corrected chi connectivity index (χ0v) is 14.8. The molecule has 0 aromatic heterocycles. The van der Waals surface area contributed by atoms with Crippen LogP contribution in [0.1, 0.15) is 47.0 Å². The van der Waals surface area contributed by atoms with E-state index in [9.17, 15) is 24.3 Å². The van der Waals surface area contributed by atoms with Gasteiger partial charge in [0.25, 0.3) is 0 Å². The van der Waals surface area contributed by atoms with Crippen LogP contribution in [-0.2, 0) is 14.2 Å². The first-order valence-corrected chi connectivity index (χ1v) is 7.61. The van der Waals surface area contributed by atoms with E-state index in [2.05, 4.69) is 14.2 Å². The number of aromatic hydroxyl groups is 1. The van der Waals surface area contributed by atoms with Gasteiger partial charge in [-0.15, -0.1) is 0 Å². The predicted octanol–water partition coefficient (Wildman–Crippen LogP) is 1.98. The second-order valence-electron chi connectivity index (χ2n) is 5.27. The summed E-state index contributed by atoms with van der Waals surface area (Å²) in [6.07, 6.45) is 0. The molecule has 0 unspecified atom stereocenters. The maximum Gasteiger partial charge on any atom is 0.339 e. The van der Waals surface area contributed by atoms with Gasteiger partial charge in [-0.25, -0.2) is 14.4 Å².